The Morgan fingerprint density at radius 3 is 2.38 bits per heavy atom. The van der Waals surface area contributed by atoms with Gasteiger partial charge < -0.3 is 10.6 Å². The van der Waals surface area contributed by atoms with Gasteiger partial charge in [-0.2, -0.15) is 0 Å². The number of hydrogen-bond acceptors (Lipinski definition) is 2. The van der Waals surface area contributed by atoms with Gasteiger partial charge in [0.2, 0.25) is 0 Å². The van der Waals surface area contributed by atoms with E-state index in [1.54, 1.807) is 24.3 Å². The van der Waals surface area contributed by atoms with Crippen molar-refractivity contribution in [2.75, 3.05) is 6.54 Å². The first kappa shape index (κ1) is 19.7. The highest BCUT2D eigenvalue weighted by Gasteiger charge is 2.23. The van der Waals surface area contributed by atoms with E-state index in [0.717, 1.165) is 16.7 Å². The molecule has 2 amide bonds. The molecule has 0 unspecified atom stereocenters. The van der Waals surface area contributed by atoms with Crippen molar-refractivity contribution in [2.24, 2.45) is 0 Å². The molecule has 0 spiro atoms. The second-order valence-electron chi connectivity index (χ2n) is 6.73. The van der Waals surface area contributed by atoms with Crippen LogP contribution >= 0.6 is 11.6 Å². The van der Waals surface area contributed by atoms with Crippen LogP contribution in [-0.4, -0.2) is 18.4 Å². The SMILES string of the molecule is C=C(C)c1cccc(C(C)(C)NC(=O)NCC(=O)c2cccc(Cl)c2)c1. The van der Waals surface area contributed by atoms with E-state index in [-0.39, 0.29) is 12.3 Å². The van der Waals surface area contributed by atoms with Gasteiger partial charge >= 0.3 is 6.03 Å². The largest absolute Gasteiger partial charge is 0.331 e. The van der Waals surface area contributed by atoms with Gasteiger partial charge in [-0.25, -0.2) is 4.79 Å². The normalized spacial score (nSPS) is 10.9. The first-order chi connectivity index (χ1) is 12.2. The Morgan fingerprint density at radius 2 is 1.73 bits per heavy atom. The molecule has 0 radical (unpaired) electrons. The van der Waals surface area contributed by atoms with Crippen LogP contribution in [-0.2, 0) is 5.54 Å². The Bertz CT molecular complexity index is 843. The molecule has 2 aromatic rings. The number of carbonyl (C=O) groups is 2. The zero-order valence-corrected chi connectivity index (χ0v) is 16.0. The molecule has 2 rings (SSSR count). The van der Waals surface area contributed by atoms with Gasteiger partial charge in [-0.05, 0) is 50.1 Å². The van der Waals surface area contributed by atoms with Gasteiger partial charge in [0.25, 0.3) is 0 Å². The molecular weight excluding hydrogens is 348 g/mol. The standard InChI is InChI=1S/C21H23ClN2O2/c1-14(2)15-7-5-9-17(11-15)21(3,4)24-20(26)23-13-19(25)16-8-6-10-18(22)12-16/h5-12H,1,13H2,2-4H3,(H2,23,24,26). The fraction of sp³-hybridized carbons (Fsp3) is 0.238. The summed E-state index contributed by atoms with van der Waals surface area (Å²) in [6.07, 6.45) is 0. The third-order valence-corrected chi connectivity index (χ3v) is 4.29. The Kier molecular flexibility index (Phi) is 6.22. The predicted molar refractivity (Wildman–Crippen MR) is 106 cm³/mol. The molecule has 0 heterocycles. The molecule has 26 heavy (non-hydrogen) atoms. The number of hydrogen-bond donors (Lipinski definition) is 2. The molecule has 4 nitrogen and oxygen atoms in total. The van der Waals surface area contributed by atoms with E-state index in [1.807, 2.05) is 45.0 Å². The Hall–Kier alpha value is -2.59. The Morgan fingerprint density at radius 1 is 1.08 bits per heavy atom. The number of urea groups is 1. The average Bonchev–Trinajstić information content (AvgIpc) is 2.59. The highest BCUT2D eigenvalue weighted by Crippen LogP contribution is 2.23. The van der Waals surface area contributed by atoms with Crippen LogP contribution in [0.15, 0.2) is 55.1 Å². The van der Waals surface area contributed by atoms with Gasteiger partial charge in [0.1, 0.15) is 0 Å². The molecule has 0 aliphatic rings. The smallest absolute Gasteiger partial charge is 0.315 e. The number of carbonyl (C=O) groups excluding carboxylic acids is 2. The topological polar surface area (TPSA) is 58.2 Å². The summed E-state index contributed by atoms with van der Waals surface area (Å²) in [5, 5.41) is 5.99. The number of ketones is 1. The second kappa shape index (κ2) is 8.19. The molecule has 0 aromatic heterocycles. The Balaban J connectivity index is 1.99. The van der Waals surface area contributed by atoms with Gasteiger partial charge in [-0.3, -0.25) is 4.79 Å². The first-order valence-corrected chi connectivity index (χ1v) is 8.68. The molecule has 2 N–H and O–H groups in total. The lowest BCUT2D eigenvalue weighted by Crippen LogP contribution is -2.47. The van der Waals surface area contributed by atoms with Crippen molar-refractivity contribution in [1.82, 2.24) is 10.6 Å². The monoisotopic (exact) mass is 370 g/mol. The van der Waals surface area contributed by atoms with E-state index in [0.29, 0.717) is 10.6 Å². The summed E-state index contributed by atoms with van der Waals surface area (Å²) in [5.41, 5.74) is 2.79. The van der Waals surface area contributed by atoms with Gasteiger partial charge in [-0.1, -0.05) is 54.1 Å². The summed E-state index contributed by atoms with van der Waals surface area (Å²) < 4.78 is 0. The highest BCUT2D eigenvalue weighted by atomic mass is 35.5. The van der Waals surface area contributed by atoms with E-state index in [4.69, 9.17) is 11.6 Å². The molecule has 136 valence electrons. The molecule has 0 bridgehead atoms. The van der Waals surface area contributed by atoms with E-state index in [9.17, 15) is 9.59 Å². The first-order valence-electron chi connectivity index (χ1n) is 8.30. The third kappa shape index (κ3) is 5.20. The van der Waals surface area contributed by atoms with Crippen LogP contribution in [0.2, 0.25) is 5.02 Å². The van der Waals surface area contributed by atoms with Crippen molar-refractivity contribution >= 4 is 29.0 Å². The molecule has 2 aromatic carbocycles. The van der Waals surface area contributed by atoms with Crippen LogP contribution in [0.4, 0.5) is 4.79 Å². The molecule has 0 fully saturated rings. The van der Waals surface area contributed by atoms with Gasteiger partial charge in [0.15, 0.2) is 5.78 Å². The maximum atomic E-state index is 12.2. The lowest BCUT2D eigenvalue weighted by atomic mass is 9.92. The number of allylic oxidation sites excluding steroid dienone is 1. The minimum Gasteiger partial charge on any atom is -0.331 e. The summed E-state index contributed by atoms with van der Waals surface area (Å²) >= 11 is 5.88. The number of rotatable bonds is 6. The molecule has 5 heteroatoms. The fourth-order valence-corrected chi connectivity index (χ4v) is 2.69. The lowest BCUT2D eigenvalue weighted by molar-refractivity contribution is 0.0991. The molecule has 0 saturated carbocycles. The van der Waals surface area contributed by atoms with E-state index < -0.39 is 11.6 Å². The van der Waals surface area contributed by atoms with E-state index >= 15 is 0 Å². The number of halogens is 1. The van der Waals surface area contributed by atoms with Crippen molar-refractivity contribution in [3.63, 3.8) is 0 Å². The van der Waals surface area contributed by atoms with Crippen LogP contribution in [0.25, 0.3) is 5.57 Å². The van der Waals surface area contributed by atoms with Crippen molar-refractivity contribution in [2.45, 2.75) is 26.3 Å². The van der Waals surface area contributed by atoms with Crippen LogP contribution in [0.3, 0.4) is 0 Å². The Labute approximate surface area is 159 Å². The maximum Gasteiger partial charge on any atom is 0.315 e. The highest BCUT2D eigenvalue weighted by molar-refractivity contribution is 6.31. The molecule has 0 atom stereocenters. The van der Waals surface area contributed by atoms with Crippen molar-refractivity contribution in [3.05, 3.63) is 76.8 Å². The molecule has 0 aliphatic carbocycles. The maximum absolute atomic E-state index is 12.2. The van der Waals surface area contributed by atoms with Gasteiger partial charge in [0, 0.05) is 10.6 Å². The molecule has 0 aliphatic heterocycles. The zero-order valence-electron chi connectivity index (χ0n) is 15.2. The summed E-state index contributed by atoms with van der Waals surface area (Å²) in [5.74, 6) is -0.204. The minimum absolute atomic E-state index is 0.103. The molecule has 0 saturated heterocycles. The second-order valence-corrected chi connectivity index (χ2v) is 7.16. The van der Waals surface area contributed by atoms with E-state index in [2.05, 4.69) is 17.2 Å². The fourth-order valence-electron chi connectivity index (χ4n) is 2.50. The molecular formula is C21H23ClN2O2. The number of nitrogens with one attached hydrogen (secondary N) is 2. The predicted octanol–water partition coefficient (Wildman–Crippen LogP) is 4.79. The summed E-state index contributed by atoms with van der Waals surface area (Å²) in [6, 6.07) is 14.1. The van der Waals surface area contributed by atoms with Gasteiger partial charge in [-0.15, -0.1) is 0 Å². The number of amides is 2. The van der Waals surface area contributed by atoms with Crippen molar-refractivity contribution in [3.8, 4) is 0 Å². The lowest BCUT2D eigenvalue weighted by Gasteiger charge is -2.27. The third-order valence-electron chi connectivity index (χ3n) is 4.06. The van der Waals surface area contributed by atoms with Crippen molar-refractivity contribution in [1.29, 1.82) is 0 Å². The van der Waals surface area contributed by atoms with Crippen LogP contribution in [0.5, 0.6) is 0 Å². The van der Waals surface area contributed by atoms with Crippen LogP contribution in [0, 0.1) is 0 Å². The van der Waals surface area contributed by atoms with Crippen LogP contribution in [0.1, 0.15) is 42.3 Å². The minimum atomic E-state index is -0.603. The summed E-state index contributed by atoms with van der Waals surface area (Å²) in [7, 11) is 0. The number of benzene rings is 2. The van der Waals surface area contributed by atoms with Crippen molar-refractivity contribution < 1.29 is 9.59 Å². The van der Waals surface area contributed by atoms with Gasteiger partial charge in [0.05, 0.1) is 12.1 Å². The summed E-state index contributed by atoms with van der Waals surface area (Å²) in [6.45, 7) is 9.59. The number of Topliss-reactive ketones (excluding diaryl/α,β-unsaturated/α-hetero) is 1. The average molecular weight is 371 g/mol. The summed E-state index contributed by atoms with van der Waals surface area (Å²) in [4.78, 5) is 24.4. The van der Waals surface area contributed by atoms with Crippen LogP contribution < -0.4 is 10.6 Å². The zero-order chi connectivity index (χ0) is 19.3. The van der Waals surface area contributed by atoms with E-state index in [1.165, 1.54) is 0 Å². The quantitative estimate of drug-likeness (QED) is 0.718.